The molecule has 1 atom stereocenters. The molecule has 0 fully saturated rings. The van der Waals surface area contributed by atoms with E-state index < -0.39 is 70.5 Å². The fourth-order valence-corrected chi connectivity index (χ4v) is 3.66. The number of amides is 2. The zero-order valence-corrected chi connectivity index (χ0v) is 21.2. The van der Waals surface area contributed by atoms with Gasteiger partial charge in [-0.15, -0.1) is 0 Å². The summed E-state index contributed by atoms with van der Waals surface area (Å²) in [4.78, 5) is 34.7. The molecule has 0 bridgehead atoms. The predicted molar refractivity (Wildman–Crippen MR) is 127 cm³/mol. The Morgan fingerprint density at radius 1 is 0.921 bits per heavy atom. The maximum absolute atomic E-state index is 14.9. The molecule has 0 aliphatic heterocycles. The summed E-state index contributed by atoms with van der Waals surface area (Å²) in [6.07, 6.45) is -10.3. The summed E-state index contributed by atoms with van der Waals surface area (Å²) in [5, 5.41) is 3.06. The SMILES string of the molecule is CC(=O)CNC(=O)CNC(=O)c1ccc(C(F)=CC(c2cc(Cl)c(Cl)c(Cl)c2)C(F)(F)F)cc1C(F)(F)F. The van der Waals surface area contributed by atoms with Gasteiger partial charge in [0.2, 0.25) is 5.91 Å². The van der Waals surface area contributed by atoms with Gasteiger partial charge >= 0.3 is 12.4 Å². The molecule has 2 rings (SSSR count). The molecule has 1 unspecified atom stereocenters. The van der Waals surface area contributed by atoms with Gasteiger partial charge in [0.05, 0.1) is 39.3 Å². The van der Waals surface area contributed by atoms with E-state index in [0.29, 0.717) is 12.1 Å². The van der Waals surface area contributed by atoms with Crippen molar-refractivity contribution in [2.45, 2.75) is 25.2 Å². The van der Waals surface area contributed by atoms with Gasteiger partial charge in [-0.1, -0.05) is 40.9 Å². The van der Waals surface area contributed by atoms with Gasteiger partial charge in [0.25, 0.3) is 5.91 Å². The summed E-state index contributed by atoms with van der Waals surface area (Å²) >= 11 is 17.2. The maximum atomic E-state index is 14.9. The molecule has 2 aromatic carbocycles. The summed E-state index contributed by atoms with van der Waals surface area (Å²) in [5.41, 5.74) is -4.21. The third kappa shape index (κ3) is 8.34. The molecule has 5 nitrogen and oxygen atoms in total. The Hall–Kier alpha value is -2.83. The van der Waals surface area contributed by atoms with E-state index in [1.165, 1.54) is 6.92 Å². The Kier molecular flexibility index (Phi) is 10.2. The molecule has 2 aromatic rings. The quantitative estimate of drug-likeness (QED) is 0.257. The molecule has 0 radical (unpaired) electrons. The molecule has 38 heavy (non-hydrogen) atoms. The summed E-state index contributed by atoms with van der Waals surface area (Å²) in [6, 6.07) is 2.96. The minimum atomic E-state index is -5.22. The number of carbonyl (C=O) groups excluding carboxylic acids is 3. The van der Waals surface area contributed by atoms with Gasteiger partial charge in [0.15, 0.2) is 0 Å². The van der Waals surface area contributed by atoms with Crippen molar-refractivity contribution in [3.8, 4) is 0 Å². The lowest BCUT2D eigenvalue weighted by Gasteiger charge is -2.19. The normalized spacial score (nSPS) is 13.2. The highest BCUT2D eigenvalue weighted by molar-refractivity contribution is 6.48. The Balaban J connectivity index is 2.44. The molecule has 0 saturated carbocycles. The molecule has 0 aliphatic carbocycles. The van der Waals surface area contributed by atoms with Crippen molar-refractivity contribution in [3.05, 3.63) is 73.7 Å². The average molecular weight is 608 g/mol. The van der Waals surface area contributed by atoms with Crippen LogP contribution in [0.1, 0.15) is 39.9 Å². The Labute approximate surface area is 225 Å². The molecular weight excluding hydrogens is 592 g/mol. The molecule has 2 N–H and O–H groups in total. The van der Waals surface area contributed by atoms with Crippen LogP contribution in [0.4, 0.5) is 30.7 Å². The number of hydrogen-bond acceptors (Lipinski definition) is 3. The number of carbonyl (C=O) groups is 3. The zero-order chi connectivity index (χ0) is 29.0. The smallest absolute Gasteiger partial charge is 0.348 e. The second-order valence-electron chi connectivity index (χ2n) is 7.75. The van der Waals surface area contributed by atoms with Gasteiger partial charge in [-0.25, -0.2) is 4.39 Å². The van der Waals surface area contributed by atoms with Crippen molar-refractivity contribution in [2.24, 2.45) is 0 Å². The summed E-state index contributed by atoms with van der Waals surface area (Å²) in [6.45, 7) is 0.0231. The lowest BCUT2D eigenvalue weighted by Crippen LogP contribution is -2.39. The van der Waals surface area contributed by atoms with E-state index in [0.717, 1.165) is 12.1 Å². The molecule has 0 spiro atoms. The van der Waals surface area contributed by atoms with Crippen LogP contribution in [-0.4, -0.2) is 36.9 Å². The van der Waals surface area contributed by atoms with E-state index >= 15 is 0 Å². The van der Waals surface area contributed by atoms with Crippen LogP contribution in [0, 0.1) is 0 Å². The lowest BCUT2D eigenvalue weighted by atomic mass is 9.95. The van der Waals surface area contributed by atoms with E-state index in [-0.39, 0.29) is 33.8 Å². The number of nitrogens with one attached hydrogen (secondary N) is 2. The number of hydrogen-bond donors (Lipinski definition) is 2. The molecule has 0 aliphatic rings. The van der Waals surface area contributed by atoms with Gasteiger partial charge in [0, 0.05) is 5.56 Å². The van der Waals surface area contributed by atoms with Crippen LogP contribution in [0.3, 0.4) is 0 Å². The second kappa shape index (κ2) is 12.4. The van der Waals surface area contributed by atoms with Gasteiger partial charge in [-0.3, -0.25) is 14.4 Å². The average Bonchev–Trinajstić information content (AvgIpc) is 2.80. The molecule has 2 amide bonds. The largest absolute Gasteiger partial charge is 0.417 e. The van der Waals surface area contributed by atoms with Crippen LogP contribution in [-0.2, 0) is 15.8 Å². The summed E-state index contributed by atoms with van der Waals surface area (Å²) in [5.74, 6) is -7.00. The first kappa shape index (κ1) is 31.4. The van der Waals surface area contributed by atoms with Crippen molar-refractivity contribution < 1.29 is 45.1 Å². The van der Waals surface area contributed by atoms with E-state index in [1.807, 2.05) is 5.32 Å². The van der Waals surface area contributed by atoms with Crippen LogP contribution < -0.4 is 10.6 Å². The third-order valence-corrected chi connectivity index (χ3v) is 6.02. The van der Waals surface area contributed by atoms with Crippen molar-refractivity contribution in [1.82, 2.24) is 10.6 Å². The highest BCUT2D eigenvalue weighted by Gasteiger charge is 2.41. The first-order valence-electron chi connectivity index (χ1n) is 10.3. The minimum absolute atomic E-state index is 0.0322. The summed E-state index contributed by atoms with van der Waals surface area (Å²) < 4.78 is 97.0. The Morgan fingerprint density at radius 2 is 1.50 bits per heavy atom. The van der Waals surface area contributed by atoms with Crippen molar-refractivity contribution in [2.75, 3.05) is 13.1 Å². The summed E-state index contributed by atoms with van der Waals surface area (Å²) in [7, 11) is 0. The Morgan fingerprint density at radius 3 is 2.00 bits per heavy atom. The fraction of sp³-hybridized carbons (Fsp3) is 0.261. The van der Waals surface area contributed by atoms with E-state index in [1.54, 1.807) is 0 Å². The number of rotatable bonds is 8. The number of ketones is 1. The first-order chi connectivity index (χ1) is 17.4. The van der Waals surface area contributed by atoms with Crippen molar-refractivity contribution >= 4 is 58.2 Å². The van der Waals surface area contributed by atoms with Crippen molar-refractivity contribution in [1.29, 1.82) is 0 Å². The highest BCUT2D eigenvalue weighted by atomic mass is 35.5. The van der Waals surface area contributed by atoms with Crippen LogP contribution in [0.25, 0.3) is 5.83 Å². The van der Waals surface area contributed by atoms with Crippen LogP contribution >= 0.6 is 34.8 Å². The molecule has 0 saturated heterocycles. The lowest BCUT2D eigenvalue weighted by molar-refractivity contribution is -0.140. The highest BCUT2D eigenvalue weighted by Crippen LogP contribution is 2.42. The molecule has 0 heterocycles. The maximum Gasteiger partial charge on any atom is 0.417 e. The van der Waals surface area contributed by atoms with Crippen LogP contribution in [0.5, 0.6) is 0 Å². The fourth-order valence-electron chi connectivity index (χ4n) is 3.04. The van der Waals surface area contributed by atoms with E-state index in [9.17, 15) is 45.1 Å². The zero-order valence-electron chi connectivity index (χ0n) is 19.0. The van der Waals surface area contributed by atoms with E-state index in [4.69, 9.17) is 34.8 Å². The molecular formula is C23H16Cl3F7N2O3. The molecule has 206 valence electrons. The number of Topliss-reactive ketones (excluding diaryl/α,β-unsaturated/α-hetero) is 1. The predicted octanol–water partition coefficient (Wildman–Crippen LogP) is 6.76. The first-order valence-corrected chi connectivity index (χ1v) is 11.4. The minimum Gasteiger partial charge on any atom is -0.348 e. The topological polar surface area (TPSA) is 75.3 Å². The number of alkyl halides is 6. The van der Waals surface area contributed by atoms with Crippen LogP contribution in [0.15, 0.2) is 36.4 Å². The van der Waals surface area contributed by atoms with Gasteiger partial charge in [-0.05, 0) is 42.8 Å². The number of benzene rings is 2. The van der Waals surface area contributed by atoms with E-state index in [2.05, 4.69) is 5.32 Å². The molecule has 0 aromatic heterocycles. The van der Waals surface area contributed by atoms with Crippen molar-refractivity contribution in [3.63, 3.8) is 0 Å². The van der Waals surface area contributed by atoms with Gasteiger partial charge in [0.1, 0.15) is 17.5 Å². The number of allylic oxidation sites excluding steroid dienone is 1. The monoisotopic (exact) mass is 606 g/mol. The molecule has 15 heteroatoms. The van der Waals surface area contributed by atoms with Gasteiger partial charge < -0.3 is 10.6 Å². The third-order valence-electron chi connectivity index (χ3n) is 4.82. The van der Waals surface area contributed by atoms with Gasteiger partial charge in [-0.2, -0.15) is 26.3 Å². The second-order valence-corrected chi connectivity index (χ2v) is 8.94. The van der Waals surface area contributed by atoms with Crippen LogP contribution in [0.2, 0.25) is 15.1 Å². The standard InChI is InChI=1S/C23H16Cl3F7N2O3/c1-10(36)8-34-19(37)9-35-21(38)13-3-2-11(4-15(13)23(31,32)33)18(27)7-14(22(28,29)30)12-5-16(24)20(26)17(25)6-12/h2-7,14H,8-9H2,1H3,(H,34,37)(H,35,38). The number of halogens is 10. The Bertz CT molecular complexity index is 1250.